The van der Waals surface area contributed by atoms with E-state index in [2.05, 4.69) is 16.4 Å². The lowest BCUT2D eigenvalue weighted by molar-refractivity contribution is 0.0781. The van der Waals surface area contributed by atoms with E-state index in [4.69, 9.17) is 4.98 Å². The maximum absolute atomic E-state index is 12.6. The zero-order valence-electron chi connectivity index (χ0n) is 15.5. The van der Waals surface area contributed by atoms with E-state index < -0.39 is 0 Å². The molecular formula is C20H20N6O. The monoisotopic (exact) mass is 360 g/mol. The summed E-state index contributed by atoms with van der Waals surface area (Å²) in [5, 5.41) is 4.29. The molecule has 0 unspecified atom stereocenters. The average molecular weight is 360 g/mol. The highest BCUT2D eigenvalue weighted by Gasteiger charge is 2.28. The van der Waals surface area contributed by atoms with Crippen LogP contribution < -0.4 is 5.32 Å². The van der Waals surface area contributed by atoms with Gasteiger partial charge >= 0.3 is 0 Å². The van der Waals surface area contributed by atoms with Crippen LogP contribution in [0.5, 0.6) is 0 Å². The molecule has 0 saturated heterocycles. The molecule has 0 fully saturated rings. The molecule has 5 rings (SSSR count). The van der Waals surface area contributed by atoms with Crippen LogP contribution in [0.2, 0.25) is 0 Å². The summed E-state index contributed by atoms with van der Waals surface area (Å²) in [6.07, 6.45) is 2.66. The smallest absolute Gasteiger partial charge is 0.256 e. The number of anilines is 2. The van der Waals surface area contributed by atoms with E-state index in [0.29, 0.717) is 0 Å². The van der Waals surface area contributed by atoms with Gasteiger partial charge in [-0.15, -0.1) is 0 Å². The molecule has 4 heterocycles. The molecule has 1 aromatic carbocycles. The third-order valence-corrected chi connectivity index (χ3v) is 5.40. The highest BCUT2D eigenvalue weighted by Crippen LogP contribution is 2.30. The van der Waals surface area contributed by atoms with Crippen molar-refractivity contribution >= 4 is 39.5 Å². The van der Waals surface area contributed by atoms with Crippen LogP contribution in [0, 0.1) is 0 Å². The summed E-state index contributed by atoms with van der Waals surface area (Å²) < 4.78 is 4.04. The quantitative estimate of drug-likeness (QED) is 0.597. The van der Waals surface area contributed by atoms with Gasteiger partial charge in [-0.1, -0.05) is 0 Å². The fraction of sp³-hybridized carbons (Fsp3) is 0.250. The van der Waals surface area contributed by atoms with E-state index in [0.717, 1.165) is 57.8 Å². The Balaban J connectivity index is 1.57. The van der Waals surface area contributed by atoms with E-state index in [1.807, 2.05) is 54.5 Å². The number of carbonyl (C=O) groups excluding carboxylic acids is 1. The van der Waals surface area contributed by atoms with Gasteiger partial charge in [0.15, 0.2) is 0 Å². The van der Waals surface area contributed by atoms with Crippen LogP contribution >= 0.6 is 0 Å². The van der Waals surface area contributed by atoms with Crippen molar-refractivity contribution in [1.29, 1.82) is 0 Å². The number of benzene rings is 1. The Hall–Kier alpha value is -3.35. The molecule has 7 heteroatoms. The third-order valence-electron chi connectivity index (χ3n) is 5.40. The van der Waals surface area contributed by atoms with Crippen LogP contribution in [0.1, 0.15) is 16.1 Å². The van der Waals surface area contributed by atoms with Crippen molar-refractivity contribution in [2.24, 2.45) is 14.1 Å². The van der Waals surface area contributed by atoms with Crippen LogP contribution in [0.15, 0.2) is 36.7 Å². The Morgan fingerprint density at radius 1 is 1.11 bits per heavy atom. The van der Waals surface area contributed by atoms with E-state index >= 15 is 0 Å². The molecule has 0 saturated carbocycles. The zero-order valence-corrected chi connectivity index (χ0v) is 15.5. The lowest BCUT2D eigenvalue weighted by Crippen LogP contribution is -2.34. The largest absolute Gasteiger partial charge is 0.341 e. The van der Waals surface area contributed by atoms with Crippen LogP contribution in [-0.2, 0) is 20.5 Å². The number of nitrogens with one attached hydrogen (secondary N) is 1. The second-order valence-electron chi connectivity index (χ2n) is 7.11. The number of fused-ring (bicyclic) bond motifs is 4. The summed E-state index contributed by atoms with van der Waals surface area (Å²) in [5.41, 5.74) is 5.65. The number of imidazole rings is 1. The number of hydrogen-bond acceptors (Lipinski definition) is 4. The van der Waals surface area contributed by atoms with Gasteiger partial charge < -0.3 is 19.4 Å². The molecule has 1 aliphatic heterocycles. The van der Waals surface area contributed by atoms with Gasteiger partial charge in [0, 0.05) is 50.9 Å². The second-order valence-corrected chi connectivity index (χ2v) is 7.11. The Morgan fingerprint density at radius 2 is 1.96 bits per heavy atom. The fourth-order valence-corrected chi connectivity index (χ4v) is 3.87. The van der Waals surface area contributed by atoms with Gasteiger partial charge in [0.25, 0.3) is 5.91 Å². The fourth-order valence-electron chi connectivity index (χ4n) is 3.87. The topological polar surface area (TPSA) is 68.0 Å². The van der Waals surface area contributed by atoms with Gasteiger partial charge in [-0.3, -0.25) is 4.79 Å². The summed E-state index contributed by atoms with van der Waals surface area (Å²) in [5.74, 6) is 0.828. The Bertz CT molecular complexity index is 1220. The number of likely N-dealkylation sites (N-methyl/N-ethyl adjacent to an activating group) is 1. The number of hydrogen-bond donors (Lipinski definition) is 1. The number of amides is 1. The van der Waals surface area contributed by atoms with Crippen LogP contribution in [0.4, 0.5) is 11.5 Å². The first-order valence-electron chi connectivity index (χ1n) is 8.95. The number of carbonyl (C=O) groups is 1. The molecule has 0 aliphatic carbocycles. The molecule has 0 radical (unpaired) electrons. The van der Waals surface area contributed by atoms with Crippen molar-refractivity contribution in [3.63, 3.8) is 0 Å². The molecule has 3 aromatic heterocycles. The summed E-state index contributed by atoms with van der Waals surface area (Å²) in [6.45, 7) is 0.742. The number of nitrogens with zero attached hydrogens (tertiary/aromatic N) is 5. The van der Waals surface area contributed by atoms with Crippen molar-refractivity contribution in [3.05, 3.63) is 47.9 Å². The highest BCUT2D eigenvalue weighted by molar-refractivity contribution is 6.08. The molecule has 136 valence electrons. The van der Waals surface area contributed by atoms with Gasteiger partial charge in [0.1, 0.15) is 11.5 Å². The average Bonchev–Trinajstić information content (AvgIpc) is 3.17. The Labute approximate surface area is 156 Å². The first-order chi connectivity index (χ1) is 13.0. The maximum Gasteiger partial charge on any atom is 0.256 e. The van der Waals surface area contributed by atoms with Crippen LogP contribution in [0.25, 0.3) is 22.1 Å². The number of rotatable bonds is 2. The normalized spacial score (nSPS) is 14.2. The molecule has 27 heavy (non-hydrogen) atoms. The van der Waals surface area contributed by atoms with Crippen molar-refractivity contribution in [3.8, 4) is 0 Å². The van der Waals surface area contributed by atoms with E-state index in [9.17, 15) is 4.79 Å². The number of aromatic nitrogens is 4. The maximum atomic E-state index is 12.6. The number of pyridine rings is 1. The molecule has 7 nitrogen and oxygen atoms in total. The third kappa shape index (κ3) is 2.31. The molecule has 4 aromatic rings. The van der Waals surface area contributed by atoms with Crippen molar-refractivity contribution in [2.45, 2.75) is 6.42 Å². The summed E-state index contributed by atoms with van der Waals surface area (Å²) in [6, 6.07) is 9.96. The Kier molecular flexibility index (Phi) is 3.28. The van der Waals surface area contributed by atoms with E-state index in [1.165, 1.54) is 0 Å². The first kappa shape index (κ1) is 15.9. The SMILES string of the molecule is CN1CCc2c(c3ccc(Nc4ccc5ncn(C)c5c4)nc3n2C)C1=O. The van der Waals surface area contributed by atoms with Gasteiger partial charge in [-0.05, 0) is 30.3 Å². The van der Waals surface area contributed by atoms with Crippen molar-refractivity contribution in [1.82, 2.24) is 24.0 Å². The Morgan fingerprint density at radius 3 is 2.81 bits per heavy atom. The van der Waals surface area contributed by atoms with Crippen molar-refractivity contribution in [2.75, 3.05) is 18.9 Å². The standard InChI is InChI=1S/C20H20N6O/c1-24-9-8-15-18(20(24)27)13-5-7-17(23-19(13)26(15)3)22-12-4-6-14-16(10-12)25(2)11-21-14/h4-7,10-11H,8-9H2,1-3H3,(H,22,23). The first-order valence-corrected chi connectivity index (χ1v) is 8.95. The minimum Gasteiger partial charge on any atom is -0.341 e. The molecule has 1 N–H and O–H groups in total. The predicted molar refractivity (Wildman–Crippen MR) is 105 cm³/mol. The van der Waals surface area contributed by atoms with E-state index in [1.54, 1.807) is 11.2 Å². The minimum atomic E-state index is 0.0750. The minimum absolute atomic E-state index is 0.0750. The van der Waals surface area contributed by atoms with Crippen molar-refractivity contribution < 1.29 is 4.79 Å². The molecule has 1 amide bonds. The summed E-state index contributed by atoms with van der Waals surface area (Å²) in [7, 11) is 5.81. The molecule has 0 bridgehead atoms. The van der Waals surface area contributed by atoms with Gasteiger partial charge in [0.05, 0.1) is 22.9 Å². The van der Waals surface area contributed by atoms with Gasteiger partial charge in [0.2, 0.25) is 0 Å². The van der Waals surface area contributed by atoms with Crippen LogP contribution in [-0.4, -0.2) is 43.5 Å². The molecule has 0 atom stereocenters. The van der Waals surface area contributed by atoms with Gasteiger partial charge in [-0.2, -0.15) is 0 Å². The second kappa shape index (κ2) is 5.57. The molecule has 1 aliphatic rings. The van der Waals surface area contributed by atoms with E-state index in [-0.39, 0.29) is 5.91 Å². The molecule has 0 spiro atoms. The summed E-state index contributed by atoms with van der Waals surface area (Å²) in [4.78, 5) is 23.5. The highest BCUT2D eigenvalue weighted by atomic mass is 16.2. The number of aryl methyl sites for hydroxylation is 2. The lowest BCUT2D eigenvalue weighted by atomic mass is 10.0. The van der Waals surface area contributed by atoms with Crippen LogP contribution in [0.3, 0.4) is 0 Å². The molecular weight excluding hydrogens is 340 g/mol. The van der Waals surface area contributed by atoms with Gasteiger partial charge in [-0.25, -0.2) is 9.97 Å². The lowest BCUT2D eigenvalue weighted by Gasteiger charge is -2.23. The zero-order chi connectivity index (χ0) is 18.7. The summed E-state index contributed by atoms with van der Waals surface area (Å²) >= 11 is 0. The predicted octanol–water partition coefficient (Wildman–Crippen LogP) is 2.83.